The van der Waals surface area contributed by atoms with Gasteiger partial charge in [-0.05, 0) is 31.6 Å². The van der Waals surface area contributed by atoms with E-state index in [1.54, 1.807) is 0 Å². The fourth-order valence-corrected chi connectivity index (χ4v) is 2.68. The van der Waals surface area contributed by atoms with Crippen LogP contribution in [-0.2, 0) is 14.3 Å². The fourth-order valence-electron chi connectivity index (χ4n) is 2.68. The van der Waals surface area contributed by atoms with Crippen molar-refractivity contribution >= 4 is 5.97 Å². The minimum atomic E-state index is -0.292. The van der Waals surface area contributed by atoms with Crippen LogP contribution in [-0.4, -0.2) is 24.3 Å². The Labute approximate surface area is 84.8 Å². The third-order valence-corrected chi connectivity index (χ3v) is 3.69. The fraction of sp³-hybridized carbons (Fsp3) is 0.909. The highest BCUT2D eigenvalue weighted by atomic mass is 16.7. The van der Waals surface area contributed by atoms with E-state index in [-0.39, 0.29) is 23.1 Å². The van der Waals surface area contributed by atoms with Crippen LogP contribution in [0.15, 0.2) is 0 Å². The van der Waals surface area contributed by atoms with Crippen LogP contribution in [0.25, 0.3) is 0 Å². The first-order chi connectivity index (χ1) is 6.53. The third kappa shape index (κ3) is 1.18. The van der Waals surface area contributed by atoms with Crippen molar-refractivity contribution < 1.29 is 14.3 Å². The topological polar surface area (TPSA) is 38.8 Å². The van der Waals surface area contributed by atoms with E-state index in [2.05, 4.69) is 13.8 Å². The zero-order valence-corrected chi connectivity index (χ0v) is 9.13. The predicted octanol–water partition coefficient (Wildman–Crippen LogP) is 1.90. The highest BCUT2D eigenvalue weighted by Crippen LogP contribution is 2.60. The van der Waals surface area contributed by atoms with E-state index in [4.69, 9.17) is 9.47 Å². The van der Waals surface area contributed by atoms with Crippen LogP contribution >= 0.6 is 0 Å². The molecule has 0 aromatic rings. The van der Waals surface area contributed by atoms with E-state index in [1.165, 1.54) is 0 Å². The van der Waals surface area contributed by atoms with Crippen molar-refractivity contribution in [3.63, 3.8) is 0 Å². The molecule has 1 heterocycles. The molecule has 0 radical (unpaired) electrons. The lowest BCUT2D eigenvalue weighted by Gasteiger charge is -2.23. The van der Waals surface area contributed by atoms with Crippen LogP contribution in [0.5, 0.6) is 0 Å². The van der Waals surface area contributed by atoms with E-state index in [0.717, 1.165) is 19.3 Å². The molecule has 1 aliphatic heterocycles. The minimum absolute atomic E-state index is 0.129. The number of hydrogen-bond donors (Lipinski definition) is 0. The number of esters is 1. The number of carbonyl (C=O) groups is 1. The van der Waals surface area contributed by atoms with Crippen LogP contribution in [0.2, 0.25) is 0 Å². The maximum atomic E-state index is 11.5. The third-order valence-electron chi connectivity index (χ3n) is 3.69. The molecule has 80 valence electrons. The smallest absolute Gasteiger partial charge is 0.338 e. The molecule has 2 aliphatic rings. The van der Waals surface area contributed by atoms with Crippen molar-refractivity contribution in [2.75, 3.05) is 6.61 Å². The summed E-state index contributed by atoms with van der Waals surface area (Å²) in [6.45, 7) is 6.63. The van der Waals surface area contributed by atoms with Gasteiger partial charge in [0.15, 0.2) is 6.10 Å². The van der Waals surface area contributed by atoms with Gasteiger partial charge in [-0.2, -0.15) is 0 Å². The van der Waals surface area contributed by atoms with Crippen LogP contribution in [0, 0.1) is 5.41 Å². The molecule has 0 N–H and O–H groups in total. The summed E-state index contributed by atoms with van der Waals surface area (Å²) in [4.78, 5) is 11.5. The molecule has 0 aromatic carbocycles. The van der Waals surface area contributed by atoms with Gasteiger partial charge in [0.05, 0.1) is 6.61 Å². The zero-order valence-electron chi connectivity index (χ0n) is 9.13. The van der Waals surface area contributed by atoms with Crippen molar-refractivity contribution in [2.45, 2.75) is 51.7 Å². The summed E-state index contributed by atoms with van der Waals surface area (Å²) in [7, 11) is 0. The summed E-state index contributed by atoms with van der Waals surface area (Å²) in [5.41, 5.74) is -0.0658. The highest BCUT2D eigenvalue weighted by molar-refractivity contribution is 5.79. The Morgan fingerprint density at radius 3 is 2.71 bits per heavy atom. The van der Waals surface area contributed by atoms with Crippen molar-refractivity contribution in [3.8, 4) is 0 Å². The van der Waals surface area contributed by atoms with Gasteiger partial charge in [0.2, 0.25) is 0 Å². The highest BCUT2D eigenvalue weighted by Gasteiger charge is 2.70. The molecule has 1 aliphatic carbocycles. The standard InChI is InChI=1S/C11H18O3/c1-4-13-9(12)8-11(14-8)7-5-6-10(11,2)3/h8H,4-7H2,1-3H3. The quantitative estimate of drug-likeness (QED) is 0.502. The van der Waals surface area contributed by atoms with Gasteiger partial charge in [-0.15, -0.1) is 0 Å². The number of rotatable bonds is 2. The second-order valence-electron chi connectivity index (χ2n) is 4.88. The van der Waals surface area contributed by atoms with Crippen LogP contribution < -0.4 is 0 Å². The average molecular weight is 198 g/mol. The van der Waals surface area contributed by atoms with Gasteiger partial charge in [-0.1, -0.05) is 13.8 Å². The van der Waals surface area contributed by atoms with Gasteiger partial charge in [-0.25, -0.2) is 4.79 Å². The Morgan fingerprint density at radius 1 is 1.50 bits per heavy atom. The number of ether oxygens (including phenoxy) is 2. The zero-order chi connectivity index (χ0) is 10.4. The Hall–Kier alpha value is -0.570. The first kappa shape index (κ1) is 9.97. The van der Waals surface area contributed by atoms with Gasteiger partial charge < -0.3 is 9.47 Å². The minimum Gasteiger partial charge on any atom is -0.464 e. The van der Waals surface area contributed by atoms with Gasteiger partial charge in [-0.3, -0.25) is 0 Å². The lowest BCUT2D eigenvalue weighted by molar-refractivity contribution is -0.144. The molecular weight excluding hydrogens is 180 g/mol. The summed E-state index contributed by atoms with van der Waals surface area (Å²) < 4.78 is 10.6. The van der Waals surface area contributed by atoms with Crippen LogP contribution in [0.4, 0.5) is 0 Å². The maximum absolute atomic E-state index is 11.5. The Balaban J connectivity index is 2.06. The molecule has 1 spiro atoms. The summed E-state index contributed by atoms with van der Waals surface area (Å²) in [6, 6.07) is 0. The molecule has 1 saturated heterocycles. The largest absolute Gasteiger partial charge is 0.464 e. The van der Waals surface area contributed by atoms with Gasteiger partial charge in [0, 0.05) is 0 Å². The van der Waals surface area contributed by atoms with Crippen molar-refractivity contribution in [1.82, 2.24) is 0 Å². The first-order valence-electron chi connectivity index (χ1n) is 5.38. The molecule has 3 nitrogen and oxygen atoms in total. The summed E-state index contributed by atoms with van der Waals surface area (Å²) in [5.74, 6) is -0.178. The van der Waals surface area contributed by atoms with E-state index < -0.39 is 0 Å². The van der Waals surface area contributed by atoms with Crippen LogP contribution in [0.1, 0.15) is 40.0 Å². The Bertz CT molecular complexity index is 259. The first-order valence-corrected chi connectivity index (χ1v) is 5.38. The number of hydrogen-bond acceptors (Lipinski definition) is 3. The lowest BCUT2D eigenvalue weighted by atomic mass is 9.79. The molecule has 2 rings (SSSR count). The molecule has 1 saturated carbocycles. The van der Waals surface area contributed by atoms with Gasteiger partial charge in [0.25, 0.3) is 0 Å². The SMILES string of the molecule is CCOC(=O)C1OC12CCCC2(C)C. The van der Waals surface area contributed by atoms with E-state index in [9.17, 15) is 4.79 Å². The van der Waals surface area contributed by atoms with E-state index in [1.807, 2.05) is 6.92 Å². The second kappa shape index (κ2) is 2.96. The Kier molecular flexibility index (Phi) is 2.11. The van der Waals surface area contributed by atoms with Crippen molar-refractivity contribution in [3.05, 3.63) is 0 Å². The molecule has 3 heteroatoms. The monoisotopic (exact) mass is 198 g/mol. The Morgan fingerprint density at radius 2 is 2.21 bits per heavy atom. The maximum Gasteiger partial charge on any atom is 0.338 e. The predicted molar refractivity (Wildman–Crippen MR) is 51.9 cm³/mol. The van der Waals surface area contributed by atoms with Crippen LogP contribution in [0.3, 0.4) is 0 Å². The normalized spacial score (nSPS) is 38.6. The molecule has 2 unspecified atom stereocenters. The van der Waals surface area contributed by atoms with Gasteiger partial charge >= 0.3 is 5.97 Å². The van der Waals surface area contributed by atoms with Crippen molar-refractivity contribution in [2.24, 2.45) is 5.41 Å². The summed E-state index contributed by atoms with van der Waals surface area (Å²) >= 11 is 0. The van der Waals surface area contributed by atoms with Gasteiger partial charge in [0.1, 0.15) is 5.60 Å². The summed E-state index contributed by atoms with van der Waals surface area (Å²) in [5, 5.41) is 0. The molecule has 0 aromatic heterocycles. The molecule has 2 atom stereocenters. The molecule has 0 bridgehead atoms. The number of carbonyl (C=O) groups excluding carboxylic acids is 1. The molecular formula is C11H18O3. The van der Waals surface area contributed by atoms with E-state index in [0.29, 0.717) is 6.61 Å². The number of epoxide rings is 1. The summed E-state index contributed by atoms with van der Waals surface area (Å²) in [6.07, 6.45) is 3.01. The molecule has 2 fully saturated rings. The second-order valence-corrected chi connectivity index (χ2v) is 4.88. The average Bonchev–Trinajstić information content (AvgIpc) is 2.74. The lowest BCUT2D eigenvalue weighted by Crippen LogP contribution is -2.32. The van der Waals surface area contributed by atoms with Crippen molar-refractivity contribution in [1.29, 1.82) is 0 Å². The molecule has 14 heavy (non-hydrogen) atoms. The molecule has 0 amide bonds. The van der Waals surface area contributed by atoms with E-state index >= 15 is 0 Å².